The van der Waals surface area contributed by atoms with Gasteiger partial charge in [0.15, 0.2) is 34.6 Å². The van der Waals surface area contributed by atoms with Gasteiger partial charge in [-0.2, -0.15) is 0 Å². The molecule has 4 aromatic rings. The van der Waals surface area contributed by atoms with E-state index in [0.717, 1.165) is 16.7 Å². The fourth-order valence-electron chi connectivity index (χ4n) is 3.56. The molecular formula is C24H20F3N3O. The third kappa shape index (κ3) is 3.91. The van der Waals surface area contributed by atoms with Gasteiger partial charge in [0, 0.05) is 24.7 Å². The Labute approximate surface area is 177 Å². The number of benzene rings is 3. The summed E-state index contributed by atoms with van der Waals surface area (Å²) in [6.45, 7) is 3.23. The number of halogens is 3. The van der Waals surface area contributed by atoms with Gasteiger partial charge in [-0.25, -0.2) is 13.2 Å². The van der Waals surface area contributed by atoms with E-state index in [9.17, 15) is 13.2 Å². The lowest BCUT2D eigenvalue weighted by molar-refractivity contribution is 0.0833. The van der Waals surface area contributed by atoms with Gasteiger partial charge in [-0.15, -0.1) is 10.2 Å². The van der Waals surface area contributed by atoms with Gasteiger partial charge in [-0.05, 0) is 25.0 Å². The van der Waals surface area contributed by atoms with E-state index in [2.05, 4.69) is 10.2 Å². The van der Waals surface area contributed by atoms with E-state index >= 15 is 0 Å². The van der Waals surface area contributed by atoms with Crippen molar-refractivity contribution in [3.63, 3.8) is 0 Å². The van der Waals surface area contributed by atoms with Crippen LogP contribution < -0.4 is 4.74 Å². The second-order valence-corrected chi connectivity index (χ2v) is 7.63. The number of aromatic nitrogens is 3. The van der Waals surface area contributed by atoms with Crippen molar-refractivity contribution in [1.82, 2.24) is 14.8 Å². The molecule has 1 aromatic heterocycles. The first-order chi connectivity index (χ1) is 14.8. The van der Waals surface area contributed by atoms with Crippen molar-refractivity contribution in [2.45, 2.75) is 19.4 Å². The fraction of sp³-hybridized carbons (Fsp3) is 0.167. The van der Waals surface area contributed by atoms with Crippen LogP contribution in [0.4, 0.5) is 13.2 Å². The molecule has 0 amide bonds. The Morgan fingerprint density at radius 1 is 0.806 bits per heavy atom. The van der Waals surface area contributed by atoms with E-state index in [1.165, 1.54) is 0 Å². The van der Waals surface area contributed by atoms with Crippen molar-refractivity contribution in [3.05, 3.63) is 90.0 Å². The van der Waals surface area contributed by atoms with Gasteiger partial charge < -0.3 is 9.30 Å². The molecule has 0 spiro atoms. The van der Waals surface area contributed by atoms with Crippen molar-refractivity contribution < 1.29 is 17.9 Å². The van der Waals surface area contributed by atoms with Crippen LogP contribution in [-0.4, -0.2) is 14.8 Å². The molecule has 7 heteroatoms. The van der Waals surface area contributed by atoms with Crippen LogP contribution in [0.25, 0.3) is 22.5 Å². The number of nitrogens with zero attached hydrogens (tertiary/aromatic N) is 3. The average Bonchev–Trinajstić information content (AvgIpc) is 3.13. The Bertz CT molecular complexity index is 1210. The molecule has 0 atom stereocenters. The molecule has 0 fully saturated rings. The van der Waals surface area contributed by atoms with E-state index in [1.807, 2.05) is 54.6 Å². The molecule has 0 bridgehead atoms. The molecule has 0 radical (unpaired) electrons. The molecule has 0 saturated carbocycles. The van der Waals surface area contributed by atoms with Crippen LogP contribution in [-0.2, 0) is 12.6 Å². The first-order valence-electron chi connectivity index (χ1n) is 9.66. The van der Waals surface area contributed by atoms with Gasteiger partial charge >= 0.3 is 0 Å². The molecule has 0 saturated heterocycles. The predicted molar refractivity (Wildman–Crippen MR) is 112 cm³/mol. The lowest BCUT2D eigenvalue weighted by atomic mass is 9.99. The van der Waals surface area contributed by atoms with Crippen LogP contribution in [0.3, 0.4) is 0 Å². The van der Waals surface area contributed by atoms with Gasteiger partial charge in [0.25, 0.3) is 0 Å². The zero-order valence-corrected chi connectivity index (χ0v) is 17.2. The molecule has 0 unspecified atom stereocenters. The van der Waals surface area contributed by atoms with Crippen molar-refractivity contribution in [1.29, 1.82) is 0 Å². The number of hydrogen-bond donors (Lipinski definition) is 0. The normalized spacial score (nSPS) is 11.5. The summed E-state index contributed by atoms with van der Waals surface area (Å²) in [4.78, 5) is 0. The quantitative estimate of drug-likeness (QED) is 0.402. The Balaban J connectivity index is 1.75. The maximum atomic E-state index is 14.1. The van der Waals surface area contributed by atoms with Gasteiger partial charge in [0.1, 0.15) is 5.82 Å². The third-order valence-corrected chi connectivity index (χ3v) is 4.99. The Hall–Kier alpha value is -3.61. The maximum absolute atomic E-state index is 14.1. The minimum atomic E-state index is -1.25. The molecule has 0 aliphatic rings. The summed E-state index contributed by atoms with van der Waals surface area (Å²) in [5.41, 5.74) is 1.60. The molecule has 4 nitrogen and oxygen atoms in total. The van der Waals surface area contributed by atoms with Crippen molar-refractivity contribution >= 4 is 0 Å². The van der Waals surface area contributed by atoms with Crippen molar-refractivity contribution in [2.75, 3.05) is 0 Å². The zero-order valence-electron chi connectivity index (χ0n) is 17.2. The first kappa shape index (κ1) is 20.7. The van der Waals surface area contributed by atoms with Crippen LogP contribution in [0.1, 0.15) is 19.7 Å². The Morgan fingerprint density at radius 2 is 1.39 bits per heavy atom. The standard InChI is InChI=1S/C24H20F3N3O/c1-24(2,31-21-19(26)13-16(25)14-20(21)27)23-29-28-22(30(23)3)18-12-8-7-11-17(18)15-9-5-4-6-10-15/h4-14H,1-3H3. The van der Waals surface area contributed by atoms with Crippen LogP contribution in [0.15, 0.2) is 66.7 Å². The van der Waals surface area contributed by atoms with Crippen LogP contribution >= 0.6 is 0 Å². The Kier molecular flexibility index (Phi) is 5.27. The van der Waals surface area contributed by atoms with Crippen molar-refractivity contribution in [2.24, 2.45) is 7.05 Å². The summed E-state index contributed by atoms with van der Waals surface area (Å²) in [5, 5.41) is 8.57. The molecule has 1 heterocycles. The molecule has 3 aromatic carbocycles. The highest BCUT2D eigenvalue weighted by Crippen LogP contribution is 2.35. The first-order valence-corrected chi connectivity index (χ1v) is 9.66. The highest BCUT2D eigenvalue weighted by atomic mass is 19.1. The molecule has 0 aliphatic carbocycles. The summed E-state index contributed by atoms with van der Waals surface area (Å²) in [5.74, 6) is -3.00. The molecule has 0 N–H and O–H groups in total. The predicted octanol–water partition coefficient (Wildman–Crippen LogP) is 5.88. The van der Waals surface area contributed by atoms with E-state index in [4.69, 9.17) is 4.74 Å². The fourth-order valence-corrected chi connectivity index (χ4v) is 3.56. The highest BCUT2D eigenvalue weighted by Gasteiger charge is 2.32. The minimum absolute atomic E-state index is 0.355. The lowest BCUT2D eigenvalue weighted by Gasteiger charge is -2.26. The molecule has 158 valence electrons. The summed E-state index contributed by atoms with van der Waals surface area (Å²) in [6.07, 6.45) is 0. The summed E-state index contributed by atoms with van der Waals surface area (Å²) < 4.78 is 48.8. The Morgan fingerprint density at radius 3 is 2.03 bits per heavy atom. The van der Waals surface area contributed by atoms with Crippen LogP contribution in [0.2, 0.25) is 0 Å². The van der Waals surface area contributed by atoms with Crippen molar-refractivity contribution in [3.8, 4) is 28.3 Å². The van der Waals surface area contributed by atoms with Gasteiger partial charge in [-0.3, -0.25) is 0 Å². The SMILES string of the molecule is Cn1c(-c2ccccc2-c2ccccc2)nnc1C(C)(C)Oc1c(F)cc(F)cc1F. The maximum Gasteiger partial charge on any atom is 0.192 e. The minimum Gasteiger partial charge on any atom is -0.474 e. The van der Waals surface area contributed by atoms with E-state index < -0.39 is 28.8 Å². The van der Waals surface area contributed by atoms with Crippen LogP contribution in [0.5, 0.6) is 5.75 Å². The highest BCUT2D eigenvalue weighted by molar-refractivity contribution is 5.80. The van der Waals surface area contributed by atoms with Gasteiger partial charge in [-0.1, -0.05) is 54.6 Å². The number of rotatable bonds is 5. The smallest absolute Gasteiger partial charge is 0.192 e. The van der Waals surface area contributed by atoms with Crippen LogP contribution in [0, 0.1) is 17.5 Å². The molecular weight excluding hydrogens is 403 g/mol. The monoisotopic (exact) mass is 423 g/mol. The number of hydrogen-bond acceptors (Lipinski definition) is 3. The molecule has 0 aliphatic heterocycles. The third-order valence-electron chi connectivity index (χ3n) is 4.99. The van der Waals surface area contributed by atoms with Gasteiger partial charge in [0.05, 0.1) is 0 Å². The van der Waals surface area contributed by atoms with E-state index in [1.54, 1.807) is 25.5 Å². The average molecular weight is 423 g/mol. The zero-order chi connectivity index (χ0) is 22.2. The lowest BCUT2D eigenvalue weighted by Crippen LogP contribution is -2.30. The summed E-state index contributed by atoms with van der Waals surface area (Å²) in [7, 11) is 1.76. The second-order valence-electron chi connectivity index (χ2n) is 7.63. The topological polar surface area (TPSA) is 39.9 Å². The number of ether oxygens (including phenoxy) is 1. The molecule has 4 rings (SSSR count). The van der Waals surface area contributed by atoms with E-state index in [0.29, 0.717) is 23.8 Å². The van der Waals surface area contributed by atoms with Gasteiger partial charge in [0.2, 0.25) is 0 Å². The molecule has 31 heavy (non-hydrogen) atoms. The van der Waals surface area contributed by atoms with E-state index in [-0.39, 0.29) is 0 Å². The summed E-state index contributed by atoms with van der Waals surface area (Å²) >= 11 is 0. The summed E-state index contributed by atoms with van der Waals surface area (Å²) in [6, 6.07) is 18.8. The largest absolute Gasteiger partial charge is 0.474 e. The second kappa shape index (κ2) is 7.91.